The van der Waals surface area contributed by atoms with Crippen molar-refractivity contribution >= 4 is 10.0 Å². The van der Waals surface area contributed by atoms with Gasteiger partial charge in [-0.05, 0) is 39.5 Å². The van der Waals surface area contributed by atoms with Crippen LogP contribution in [0, 0.1) is 5.92 Å². The zero-order valence-electron chi connectivity index (χ0n) is 9.81. The molecule has 0 saturated heterocycles. The van der Waals surface area contributed by atoms with E-state index < -0.39 is 15.3 Å². The lowest BCUT2D eigenvalue weighted by Crippen LogP contribution is -2.45. The zero-order chi connectivity index (χ0) is 11.6. The molecule has 0 aromatic carbocycles. The molecule has 0 heterocycles. The van der Waals surface area contributed by atoms with Gasteiger partial charge in [0.15, 0.2) is 0 Å². The fourth-order valence-electron chi connectivity index (χ4n) is 1.52. The molecular weight excluding hydrogens is 212 g/mol. The van der Waals surface area contributed by atoms with Crippen LogP contribution in [0.25, 0.3) is 0 Å². The van der Waals surface area contributed by atoms with E-state index in [-0.39, 0.29) is 12.6 Å². The Morgan fingerprint density at radius 2 is 1.87 bits per heavy atom. The fraction of sp³-hybridized carbons (Fsp3) is 1.00. The molecule has 0 aromatic rings. The van der Waals surface area contributed by atoms with Crippen LogP contribution in [0.3, 0.4) is 0 Å². The van der Waals surface area contributed by atoms with Gasteiger partial charge in [0.1, 0.15) is 0 Å². The van der Waals surface area contributed by atoms with Gasteiger partial charge in [-0.25, -0.2) is 8.42 Å². The van der Waals surface area contributed by atoms with Crippen LogP contribution in [-0.2, 0) is 10.0 Å². The molecule has 5 heteroatoms. The molecular formula is C10H22N2O2S. The van der Waals surface area contributed by atoms with E-state index in [0.29, 0.717) is 12.5 Å². The van der Waals surface area contributed by atoms with E-state index in [2.05, 4.69) is 0 Å². The number of sulfonamides is 1. The summed E-state index contributed by atoms with van der Waals surface area (Å²) < 4.78 is 25.8. The maximum Gasteiger partial charge on any atom is 0.218 e. The van der Waals surface area contributed by atoms with Crippen molar-refractivity contribution < 1.29 is 8.42 Å². The minimum absolute atomic E-state index is 0.0320. The number of rotatable bonds is 6. The maximum atomic E-state index is 12.1. The highest BCUT2D eigenvalue weighted by Crippen LogP contribution is 2.31. The minimum atomic E-state index is -3.20. The van der Waals surface area contributed by atoms with E-state index in [1.165, 1.54) is 0 Å². The molecule has 0 bridgehead atoms. The van der Waals surface area contributed by atoms with Gasteiger partial charge in [-0.2, -0.15) is 4.31 Å². The largest absolute Gasteiger partial charge is 0.329 e. The molecule has 4 nitrogen and oxygen atoms in total. The lowest BCUT2D eigenvalue weighted by molar-refractivity contribution is 0.338. The van der Waals surface area contributed by atoms with Gasteiger partial charge in [-0.1, -0.05) is 0 Å². The summed E-state index contributed by atoms with van der Waals surface area (Å²) in [5, 5.41) is -0.473. The van der Waals surface area contributed by atoms with Crippen molar-refractivity contribution in [3.8, 4) is 0 Å². The highest BCUT2D eigenvalue weighted by atomic mass is 32.2. The molecule has 0 aliphatic heterocycles. The van der Waals surface area contributed by atoms with Crippen molar-refractivity contribution in [3.05, 3.63) is 0 Å². The Hall–Kier alpha value is -0.130. The van der Waals surface area contributed by atoms with Crippen molar-refractivity contribution in [1.82, 2.24) is 4.31 Å². The Labute approximate surface area is 92.9 Å². The summed E-state index contributed by atoms with van der Waals surface area (Å²) in [4.78, 5) is 0. The average Bonchev–Trinajstić information content (AvgIpc) is 2.95. The van der Waals surface area contributed by atoms with Crippen LogP contribution >= 0.6 is 0 Å². The van der Waals surface area contributed by atoms with Crippen LogP contribution in [0.2, 0.25) is 0 Å². The highest BCUT2D eigenvalue weighted by molar-refractivity contribution is 7.89. The number of hydrogen-bond donors (Lipinski definition) is 1. The topological polar surface area (TPSA) is 63.4 Å². The Kier molecular flexibility index (Phi) is 4.14. The third-order valence-electron chi connectivity index (χ3n) is 2.88. The summed E-state index contributed by atoms with van der Waals surface area (Å²) in [6.45, 7) is 6.38. The van der Waals surface area contributed by atoms with Gasteiger partial charge in [0.2, 0.25) is 10.0 Å². The summed E-state index contributed by atoms with van der Waals surface area (Å²) in [6.07, 6.45) is 2.32. The second-order valence-electron chi connectivity index (χ2n) is 4.70. The molecule has 1 rings (SSSR count). The van der Waals surface area contributed by atoms with Crippen molar-refractivity contribution in [3.63, 3.8) is 0 Å². The van der Waals surface area contributed by atoms with E-state index in [0.717, 1.165) is 12.8 Å². The third kappa shape index (κ3) is 3.16. The van der Waals surface area contributed by atoms with Crippen LogP contribution in [-0.4, -0.2) is 37.1 Å². The zero-order valence-corrected chi connectivity index (χ0v) is 10.6. The molecule has 1 fully saturated rings. The summed E-state index contributed by atoms with van der Waals surface area (Å²) in [6, 6.07) is 0.0320. The quantitative estimate of drug-likeness (QED) is 0.739. The molecule has 90 valence electrons. The van der Waals surface area contributed by atoms with Crippen LogP contribution < -0.4 is 5.73 Å². The summed E-state index contributed by atoms with van der Waals surface area (Å²) in [5.41, 5.74) is 5.44. The Balaban J connectivity index is 2.76. The van der Waals surface area contributed by atoms with Crippen molar-refractivity contribution in [1.29, 1.82) is 0 Å². The normalized spacial score (nSPS) is 19.9. The van der Waals surface area contributed by atoms with E-state index in [9.17, 15) is 8.42 Å². The predicted molar refractivity (Wildman–Crippen MR) is 62.0 cm³/mol. The molecule has 1 saturated carbocycles. The Bertz CT molecular complexity index is 297. The Morgan fingerprint density at radius 3 is 2.20 bits per heavy atom. The number of hydrogen-bond acceptors (Lipinski definition) is 3. The SMILES string of the molecule is CC(C)N(CC1CC1)S(=O)(=O)C(C)CN. The third-order valence-corrected chi connectivity index (χ3v) is 5.31. The van der Waals surface area contributed by atoms with Crippen molar-refractivity contribution in [2.24, 2.45) is 11.7 Å². The highest BCUT2D eigenvalue weighted by Gasteiger charge is 2.34. The molecule has 1 atom stereocenters. The predicted octanol–water partition coefficient (Wildman–Crippen LogP) is 0.784. The smallest absolute Gasteiger partial charge is 0.218 e. The van der Waals surface area contributed by atoms with Crippen LogP contribution in [0.15, 0.2) is 0 Å². The molecule has 0 radical (unpaired) electrons. The first-order valence-corrected chi connectivity index (χ1v) is 7.10. The molecule has 0 amide bonds. The number of nitrogens with zero attached hydrogens (tertiary/aromatic N) is 1. The van der Waals surface area contributed by atoms with E-state index in [1.807, 2.05) is 13.8 Å². The molecule has 1 unspecified atom stereocenters. The first kappa shape index (κ1) is 12.9. The van der Waals surface area contributed by atoms with Crippen LogP contribution in [0.4, 0.5) is 0 Å². The summed E-state index contributed by atoms with van der Waals surface area (Å²) in [7, 11) is -3.20. The second kappa shape index (κ2) is 4.80. The van der Waals surface area contributed by atoms with Crippen LogP contribution in [0.5, 0.6) is 0 Å². The molecule has 2 N–H and O–H groups in total. The maximum absolute atomic E-state index is 12.1. The van der Waals surface area contributed by atoms with Gasteiger partial charge in [-0.15, -0.1) is 0 Å². The standard InChI is InChI=1S/C10H22N2O2S/c1-8(2)12(7-10-4-5-10)15(13,14)9(3)6-11/h8-10H,4-7,11H2,1-3H3. The summed E-state index contributed by atoms with van der Waals surface area (Å²) >= 11 is 0. The van der Waals surface area contributed by atoms with E-state index >= 15 is 0 Å². The lowest BCUT2D eigenvalue weighted by Gasteiger charge is -2.28. The van der Waals surface area contributed by atoms with E-state index in [4.69, 9.17) is 5.73 Å². The Morgan fingerprint density at radius 1 is 1.33 bits per heavy atom. The van der Waals surface area contributed by atoms with Gasteiger partial charge >= 0.3 is 0 Å². The second-order valence-corrected chi connectivity index (χ2v) is 7.00. The van der Waals surface area contributed by atoms with Crippen molar-refractivity contribution in [2.75, 3.05) is 13.1 Å². The van der Waals surface area contributed by atoms with Gasteiger partial charge in [0.25, 0.3) is 0 Å². The minimum Gasteiger partial charge on any atom is -0.329 e. The first-order valence-electron chi connectivity index (χ1n) is 5.60. The average molecular weight is 234 g/mol. The first-order chi connectivity index (χ1) is 6.89. The van der Waals surface area contributed by atoms with Gasteiger partial charge in [0.05, 0.1) is 5.25 Å². The molecule has 15 heavy (non-hydrogen) atoms. The van der Waals surface area contributed by atoms with E-state index in [1.54, 1.807) is 11.2 Å². The van der Waals surface area contributed by atoms with Crippen LogP contribution in [0.1, 0.15) is 33.6 Å². The lowest BCUT2D eigenvalue weighted by atomic mass is 10.3. The molecule has 0 spiro atoms. The molecule has 0 aromatic heterocycles. The summed E-state index contributed by atoms with van der Waals surface area (Å²) in [5.74, 6) is 0.576. The molecule has 1 aliphatic rings. The van der Waals surface area contributed by atoms with Gasteiger partial charge in [0, 0.05) is 19.1 Å². The fourth-order valence-corrected chi connectivity index (χ4v) is 3.23. The van der Waals surface area contributed by atoms with Gasteiger partial charge in [-0.3, -0.25) is 0 Å². The monoisotopic (exact) mass is 234 g/mol. The van der Waals surface area contributed by atoms with Gasteiger partial charge < -0.3 is 5.73 Å². The van der Waals surface area contributed by atoms with Crippen molar-refractivity contribution in [2.45, 2.75) is 44.9 Å². The molecule has 1 aliphatic carbocycles. The number of nitrogens with two attached hydrogens (primary N) is 1.